The van der Waals surface area contributed by atoms with Gasteiger partial charge in [-0.05, 0) is 31.0 Å². The zero-order chi connectivity index (χ0) is 12.4. The second-order valence-electron chi connectivity index (χ2n) is 4.36. The highest BCUT2D eigenvalue weighted by Crippen LogP contribution is 2.11. The lowest BCUT2D eigenvalue weighted by Gasteiger charge is -2.09. The van der Waals surface area contributed by atoms with E-state index in [1.807, 2.05) is 0 Å². The topological polar surface area (TPSA) is 48.0 Å². The number of nitrogens with two attached hydrogens (primary N) is 1. The summed E-state index contributed by atoms with van der Waals surface area (Å²) in [4.78, 5) is 11.7. The van der Waals surface area contributed by atoms with Gasteiger partial charge >= 0.3 is 0 Å². The van der Waals surface area contributed by atoms with Crippen LogP contribution in [0.3, 0.4) is 0 Å². The smallest absolute Gasteiger partial charge is 0.252 e. The van der Waals surface area contributed by atoms with Gasteiger partial charge in [0.1, 0.15) is 0 Å². The molecular weight excluding hydrogens is 212 g/mol. The SMILES string of the molecule is Cc1ccc(C)c(Cn2ccc(N)cc2=O)c1. The number of hydrogen-bond acceptors (Lipinski definition) is 2. The molecule has 2 N–H and O–H groups in total. The lowest BCUT2D eigenvalue weighted by atomic mass is 10.1. The van der Waals surface area contributed by atoms with Gasteiger partial charge in [0.05, 0.1) is 6.54 Å². The van der Waals surface area contributed by atoms with Crippen molar-refractivity contribution in [2.45, 2.75) is 20.4 Å². The fourth-order valence-corrected chi connectivity index (χ4v) is 1.81. The van der Waals surface area contributed by atoms with Gasteiger partial charge in [-0.15, -0.1) is 0 Å². The van der Waals surface area contributed by atoms with E-state index < -0.39 is 0 Å². The molecule has 0 amide bonds. The summed E-state index contributed by atoms with van der Waals surface area (Å²) in [6.45, 7) is 4.69. The number of anilines is 1. The minimum Gasteiger partial charge on any atom is -0.399 e. The van der Waals surface area contributed by atoms with E-state index in [-0.39, 0.29) is 5.56 Å². The van der Waals surface area contributed by atoms with Gasteiger partial charge in [0.25, 0.3) is 5.56 Å². The average molecular weight is 228 g/mol. The minimum absolute atomic E-state index is 0.0640. The van der Waals surface area contributed by atoms with Gasteiger partial charge < -0.3 is 10.3 Å². The molecule has 0 aliphatic carbocycles. The molecule has 17 heavy (non-hydrogen) atoms. The molecule has 3 heteroatoms. The van der Waals surface area contributed by atoms with E-state index in [0.29, 0.717) is 12.2 Å². The highest BCUT2D eigenvalue weighted by atomic mass is 16.1. The van der Waals surface area contributed by atoms with Crippen LogP contribution in [-0.2, 0) is 6.54 Å². The first-order chi connectivity index (χ1) is 8.06. The zero-order valence-corrected chi connectivity index (χ0v) is 10.1. The highest BCUT2D eigenvalue weighted by molar-refractivity contribution is 5.35. The van der Waals surface area contributed by atoms with Crippen LogP contribution in [0.5, 0.6) is 0 Å². The summed E-state index contributed by atoms with van der Waals surface area (Å²) >= 11 is 0. The normalized spacial score (nSPS) is 10.5. The predicted octanol–water partition coefficient (Wildman–Crippen LogP) is 2.10. The molecule has 0 unspecified atom stereocenters. The Morgan fingerprint density at radius 1 is 1.18 bits per heavy atom. The van der Waals surface area contributed by atoms with Crippen LogP contribution in [0.15, 0.2) is 41.3 Å². The van der Waals surface area contributed by atoms with E-state index in [1.165, 1.54) is 17.2 Å². The molecular formula is C14H16N2O. The van der Waals surface area contributed by atoms with Crippen LogP contribution >= 0.6 is 0 Å². The standard InChI is InChI=1S/C14H16N2O/c1-10-3-4-11(2)12(7-10)9-16-6-5-13(15)8-14(16)17/h3-8H,9,15H2,1-2H3. The van der Waals surface area contributed by atoms with Gasteiger partial charge in [-0.25, -0.2) is 0 Å². The van der Waals surface area contributed by atoms with Crippen LogP contribution in [-0.4, -0.2) is 4.57 Å². The summed E-state index contributed by atoms with van der Waals surface area (Å²) in [6.07, 6.45) is 1.74. The van der Waals surface area contributed by atoms with Gasteiger partial charge in [-0.3, -0.25) is 4.79 Å². The summed E-state index contributed by atoms with van der Waals surface area (Å²) in [5, 5.41) is 0. The molecule has 2 aromatic rings. The summed E-state index contributed by atoms with van der Waals surface area (Å²) in [5.74, 6) is 0. The number of hydrogen-bond donors (Lipinski definition) is 1. The first-order valence-electron chi connectivity index (χ1n) is 5.58. The molecule has 3 nitrogen and oxygen atoms in total. The fourth-order valence-electron chi connectivity index (χ4n) is 1.81. The molecule has 1 aromatic carbocycles. The van der Waals surface area contributed by atoms with E-state index in [4.69, 9.17) is 5.73 Å². The Kier molecular flexibility index (Phi) is 3.00. The molecule has 0 saturated carbocycles. The van der Waals surface area contributed by atoms with Crippen molar-refractivity contribution in [3.05, 3.63) is 63.6 Å². The molecule has 0 bridgehead atoms. The molecule has 2 rings (SSSR count). The Morgan fingerprint density at radius 2 is 1.94 bits per heavy atom. The van der Waals surface area contributed by atoms with Crippen LogP contribution in [0, 0.1) is 13.8 Å². The molecule has 0 fully saturated rings. The number of nitrogens with zero attached hydrogens (tertiary/aromatic N) is 1. The quantitative estimate of drug-likeness (QED) is 0.855. The summed E-state index contributed by atoms with van der Waals surface area (Å²) in [7, 11) is 0. The zero-order valence-electron chi connectivity index (χ0n) is 10.1. The van der Waals surface area contributed by atoms with Crippen LogP contribution in [0.4, 0.5) is 5.69 Å². The third-order valence-electron chi connectivity index (χ3n) is 2.87. The van der Waals surface area contributed by atoms with E-state index in [2.05, 4.69) is 32.0 Å². The maximum absolute atomic E-state index is 11.7. The Balaban J connectivity index is 2.38. The van der Waals surface area contributed by atoms with Crippen molar-refractivity contribution in [2.24, 2.45) is 0 Å². The summed E-state index contributed by atoms with van der Waals surface area (Å²) in [6, 6.07) is 9.45. The Morgan fingerprint density at radius 3 is 2.65 bits per heavy atom. The lowest BCUT2D eigenvalue weighted by Crippen LogP contribution is -2.19. The number of rotatable bonds is 2. The first-order valence-corrected chi connectivity index (χ1v) is 5.58. The third-order valence-corrected chi connectivity index (χ3v) is 2.87. The van der Waals surface area contributed by atoms with E-state index in [0.717, 1.165) is 5.56 Å². The molecule has 0 aliphatic heterocycles. The average Bonchev–Trinajstić information content (AvgIpc) is 2.27. The molecule has 0 spiro atoms. The molecule has 0 radical (unpaired) electrons. The Hall–Kier alpha value is -2.03. The minimum atomic E-state index is -0.0640. The van der Waals surface area contributed by atoms with Crippen molar-refractivity contribution < 1.29 is 0 Å². The van der Waals surface area contributed by atoms with Gasteiger partial charge in [0.15, 0.2) is 0 Å². The third kappa shape index (κ3) is 2.56. The number of aryl methyl sites for hydroxylation is 2. The largest absolute Gasteiger partial charge is 0.399 e. The van der Waals surface area contributed by atoms with Crippen molar-refractivity contribution in [3.8, 4) is 0 Å². The molecule has 88 valence electrons. The molecule has 1 heterocycles. The maximum Gasteiger partial charge on any atom is 0.252 e. The Bertz CT molecular complexity index is 599. The second-order valence-corrected chi connectivity index (χ2v) is 4.36. The molecule has 0 aliphatic rings. The molecule has 0 saturated heterocycles. The molecule has 1 aromatic heterocycles. The van der Waals surface area contributed by atoms with E-state index in [1.54, 1.807) is 16.8 Å². The summed E-state index contributed by atoms with van der Waals surface area (Å²) < 4.78 is 1.66. The van der Waals surface area contributed by atoms with Crippen LogP contribution in [0.25, 0.3) is 0 Å². The van der Waals surface area contributed by atoms with Gasteiger partial charge in [-0.2, -0.15) is 0 Å². The second kappa shape index (κ2) is 4.45. The van der Waals surface area contributed by atoms with Crippen molar-refractivity contribution >= 4 is 5.69 Å². The highest BCUT2D eigenvalue weighted by Gasteiger charge is 2.02. The van der Waals surface area contributed by atoms with Crippen molar-refractivity contribution in [3.63, 3.8) is 0 Å². The number of pyridine rings is 1. The van der Waals surface area contributed by atoms with Gasteiger partial charge in [0.2, 0.25) is 0 Å². The van der Waals surface area contributed by atoms with Crippen LogP contribution < -0.4 is 11.3 Å². The van der Waals surface area contributed by atoms with Gasteiger partial charge in [-0.1, -0.05) is 23.8 Å². The Labute approximate surface area is 101 Å². The van der Waals surface area contributed by atoms with Crippen molar-refractivity contribution in [2.75, 3.05) is 5.73 Å². The lowest BCUT2D eigenvalue weighted by molar-refractivity contribution is 0.755. The molecule has 0 atom stereocenters. The number of aromatic nitrogens is 1. The van der Waals surface area contributed by atoms with E-state index >= 15 is 0 Å². The van der Waals surface area contributed by atoms with Crippen LogP contribution in [0.2, 0.25) is 0 Å². The first kappa shape index (κ1) is 11.5. The number of benzene rings is 1. The van der Waals surface area contributed by atoms with Gasteiger partial charge in [0, 0.05) is 18.0 Å². The van der Waals surface area contributed by atoms with Crippen molar-refractivity contribution in [1.82, 2.24) is 4.57 Å². The maximum atomic E-state index is 11.7. The fraction of sp³-hybridized carbons (Fsp3) is 0.214. The summed E-state index contributed by atoms with van der Waals surface area (Å²) in [5.41, 5.74) is 9.56. The number of nitrogen functional groups attached to an aromatic ring is 1. The monoisotopic (exact) mass is 228 g/mol. The van der Waals surface area contributed by atoms with E-state index in [9.17, 15) is 4.79 Å². The van der Waals surface area contributed by atoms with Crippen molar-refractivity contribution in [1.29, 1.82) is 0 Å². The van der Waals surface area contributed by atoms with Crippen LogP contribution in [0.1, 0.15) is 16.7 Å². The predicted molar refractivity (Wildman–Crippen MR) is 70.1 cm³/mol.